The van der Waals surface area contributed by atoms with Gasteiger partial charge in [0.2, 0.25) is 11.8 Å². The maximum Gasteiger partial charge on any atom is 0.273 e. The van der Waals surface area contributed by atoms with Crippen LogP contribution < -0.4 is 21.3 Å². The molecular weight excluding hydrogens is 696 g/mol. The summed E-state index contributed by atoms with van der Waals surface area (Å²) < 4.78 is 30.5. The van der Waals surface area contributed by atoms with E-state index in [0.717, 1.165) is 68.6 Å². The van der Waals surface area contributed by atoms with E-state index in [1.165, 1.54) is 35.4 Å². The van der Waals surface area contributed by atoms with Gasteiger partial charge in [-0.05, 0) is 67.9 Å². The number of nitrogens with zero attached hydrogens (tertiary/aromatic N) is 3. The van der Waals surface area contributed by atoms with Crippen molar-refractivity contribution in [3.05, 3.63) is 88.4 Å². The van der Waals surface area contributed by atoms with E-state index in [4.69, 9.17) is 0 Å². The predicted molar refractivity (Wildman–Crippen MR) is 197 cm³/mol. The van der Waals surface area contributed by atoms with Crippen molar-refractivity contribution in [1.82, 2.24) is 30.8 Å². The first-order valence-electron chi connectivity index (χ1n) is 18.4. The van der Waals surface area contributed by atoms with Gasteiger partial charge < -0.3 is 20.9 Å². The maximum absolute atomic E-state index is 15.3. The van der Waals surface area contributed by atoms with Gasteiger partial charge in [-0.2, -0.15) is 0 Å². The zero-order valence-corrected chi connectivity index (χ0v) is 29.9. The van der Waals surface area contributed by atoms with Crippen LogP contribution in [0.15, 0.2) is 48.8 Å². The lowest BCUT2D eigenvalue weighted by Crippen LogP contribution is -2.52. The zero-order chi connectivity index (χ0) is 37.9. The number of nitrogens with one attached hydrogen (secondary N) is 4. The van der Waals surface area contributed by atoms with Crippen molar-refractivity contribution in [2.75, 3.05) is 18.9 Å². The highest BCUT2D eigenvalue weighted by Gasteiger charge is 2.40. The van der Waals surface area contributed by atoms with Crippen LogP contribution in [0.2, 0.25) is 0 Å². The fraction of sp³-hybridized carbons (Fsp3) is 0.375. The molecule has 5 amide bonds. The van der Waals surface area contributed by atoms with Gasteiger partial charge in [-0.25, -0.2) is 8.78 Å². The van der Waals surface area contributed by atoms with Crippen molar-refractivity contribution in [2.45, 2.75) is 82.8 Å². The molecule has 1 saturated carbocycles. The first-order chi connectivity index (χ1) is 26.1. The van der Waals surface area contributed by atoms with Gasteiger partial charge in [0.1, 0.15) is 23.4 Å². The SMILES string of the molecule is CNc1c(C(=O)NC2CC2)cnc2cc(F)c(-c3ccc(C(=O)NCCCCCCCc4cnc5c(c4)CN(C4CCC(=O)NC4=O)C5=O)c(F)c3)cc12. The molecule has 1 unspecified atom stereocenters. The summed E-state index contributed by atoms with van der Waals surface area (Å²) in [5.74, 6) is -3.26. The summed E-state index contributed by atoms with van der Waals surface area (Å²) in [6.07, 6.45) is 10.7. The highest BCUT2D eigenvalue weighted by atomic mass is 19.1. The number of unbranched alkanes of at least 4 members (excludes halogenated alkanes) is 4. The lowest BCUT2D eigenvalue weighted by molar-refractivity contribution is -0.136. The van der Waals surface area contributed by atoms with Crippen molar-refractivity contribution < 1.29 is 32.8 Å². The monoisotopic (exact) mass is 737 g/mol. The molecule has 0 bridgehead atoms. The molecule has 12 nitrogen and oxygen atoms in total. The van der Waals surface area contributed by atoms with Crippen LogP contribution in [0, 0.1) is 11.6 Å². The van der Waals surface area contributed by atoms with Crippen LogP contribution in [0.25, 0.3) is 22.0 Å². The molecule has 1 aliphatic carbocycles. The molecule has 14 heteroatoms. The van der Waals surface area contributed by atoms with Crippen LogP contribution in [0.1, 0.15) is 100 Å². The van der Waals surface area contributed by atoms with E-state index in [-0.39, 0.29) is 46.9 Å². The number of aromatic nitrogens is 2. The van der Waals surface area contributed by atoms with E-state index >= 15 is 8.78 Å². The van der Waals surface area contributed by atoms with Crippen LogP contribution in [0.3, 0.4) is 0 Å². The summed E-state index contributed by atoms with van der Waals surface area (Å²) >= 11 is 0. The molecule has 4 heterocycles. The highest BCUT2D eigenvalue weighted by Crippen LogP contribution is 2.34. The fourth-order valence-corrected chi connectivity index (χ4v) is 7.15. The molecule has 2 fully saturated rings. The van der Waals surface area contributed by atoms with Gasteiger partial charge in [0, 0.05) is 67.6 Å². The maximum atomic E-state index is 15.3. The highest BCUT2D eigenvalue weighted by molar-refractivity contribution is 6.08. The number of benzene rings is 2. The van der Waals surface area contributed by atoms with Crippen molar-refractivity contribution in [1.29, 1.82) is 0 Å². The van der Waals surface area contributed by atoms with Crippen LogP contribution in [0.5, 0.6) is 0 Å². The first kappa shape index (κ1) is 36.6. The number of piperidine rings is 1. The largest absolute Gasteiger partial charge is 0.387 e. The number of amides is 5. The Morgan fingerprint density at radius 2 is 1.69 bits per heavy atom. The van der Waals surface area contributed by atoms with Gasteiger partial charge in [0.25, 0.3) is 17.7 Å². The average Bonchev–Trinajstić information content (AvgIpc) is 3.91. The van der Waals surface area contributed by atoms with E-state index in [2.05, 4.69) is 31.2 Å². The number of fused-ring (bicyclic) bond motifs is 2. The number of aryl methyl sites for hydroxylation is 1. The van der Waals surface area contributed by atoms with Crippen molar-refractivity contribution in [2.24, 2.45) is 0 Å². The molecule has 4 aromatic rings. The molecule has 1 atom stereocenters. The quantitative estimate of drug-likeness (QED) is 0.102. The Morgan fingerprint density at radius 1 is 0.889 bits per heavy atom. The van der Waals surface area contributed by atoms with Gasteiger partial charge in [-0.3, -0.25) is 39.3 Å². The standard InChI is InChI=1S/C40H41F2N7O5/c1-43-36-28-17-27(31(42)18-32(28)45-20-29(36)38(52)47-25-9-10-25)23-8-11-26(30(41)16-23)37(51)44-14-6-4-2-3-5-7-22-15-24-21-49(40(54)35(24)46-19-22)33-12-13-34(50)48-39(33)53/h8,11,15-20,25,33H,2-7,9-10,12-14,21H2,1H3,(H,43,45)(H,44,51)(H,47,52)(H,48,50,53). The molecule has 0 radical (unpaired) electrons. The average molecular weight is 738 g/mol. The molecular formula is C40H41F2N7O5. The van der Waals surface area contributed by atoms with Gasteiger partial charge >= 0.3 is 0 Å². The van der Waals surface area contributed by atoms with E-state index in [9.17, 15) is 24.0 Å². The molecule has 54 heavy (non-hydrogen) atoms. The van der Waals surface area contributed by atoms with Crippen LogP contribution in [-0.4, -0.2) is 70.1 Å². The number of carbonyl (C=O) groups is 5. The van der Waals surface area contributed by atoms with Crippen molar-refractivity contribution >= 4 is 46.1 Å². The Morgan fingerprint density at radius 3 is 2.44 bits per heavy atom. The summed E-state index contributed by atoms with van der Waals surface area (Å²) in [5, 5.41) is 11.6. The number of pyridine rings is 2. The first-order valence-corrected chi connectivity index (χ1v) is 18.4. The number of halogens is 2. The Balaban J connectivity index is 0.866. The number of hydrogen-bond donors (Lipinski definition) is 4. The van der Waals surface area contributed by atoms with Gasteiger partial charge in [0.05, 0.1) is 22.3 Å². The third-order valence-corrected chi connectivity index (χ3v) is 10.2. The van der Waals surface area contributed by atoms with Gasteiger partial charge in [-0.15, -0.1) is 0 Å². The number of rotatable bonds is 14. The van der Waals surface area contributed by atoms with Crippen LogP contribution in [-0.2, 0) is 22.6 Å². The molecule has 2 aliphatic heterocycles. The molecule has 1 saturated heterocycles. The van der Waals surface area contributed by atoms with Crippen molar-refractivity contribution in [3.8, 4) is 11.1 Å². The second-order valence-electron chi connectivity index (χ2n) is 14.1. The second kappa shape index (κ2) is 15.7. The summed E-state index contributed by atoms with van der Waals surface area (Å²) in [6, 6.07) is 8.22. The minimum Gasteiger partial charge on any atom is -0.387 e. The van der Waals surface area contributed by atoms with E-state index in [1.807, 2.05) is 6.07 Å². The summed E-state index contributed by atoms with van der Waals surface area (Å²) in [5.41, 5.74) is 3.55. The summed E-state index contributed by atoms with van der Waals surface area (Å²) in [7, 11) is 1.67. The Hall–Kier alpha value is -5.79. The Labute approximate surface area is 310 Å². The number of imide groups is 1. The van der Waals surface area contributed by atoms with Crippen molar-refractivity contribution in [3.63, 3.8) is 0 Å². The minimum atomic E-state index is -0.775. The lowest BCUT2D eigenvalue weighted by atomic mass is 9.99. The minimum absolute atomic E-state index is 0.116. The van der Waals surface area contributed by atoms with E-state index in [1.54, 1.807) is 13.2 Å². The molecule has 2 aromatic heterocycles. The third kappa shape index (κ3) is 7.78. The molecule has 7 rings (SSSR count). The van der Waals surface area contributed by atoms with E-state index < -0.39 is 29.5 Å². The van der Waals surface area contributed by atoms with Crippen LogP contribution in [0.4, 0.5) is 14.5 Å². The Bertz CT molecular complexity index is 2170. The molecule has 4 N–H and O–H groups in total. The van der Waals surface area contributed by atoms with Crippen LogP contribution >= 0.6 is 0 Å². The summed E-state index contributed by atoms with van der Waals surface area (Å²) in [4.78, 5) is 72.4. The lowest BCUT2D eigenvalue weighted by Gasteiger charge is -2.29. The smallest absolute Gasteiger partial charge is 0.273 e. The summed E-state index contributed by atoms with van der Waals surface area (Å²) in [6.45, 7) is 0.672. The number of carbonyl (C=O) groups excluding carboxylic acids is 5. The normalized spacial score (nSPS) is 16.7. The molecule has 280 valence electrons. The fourth-order valence-electron chi connectivity index (χ4n) is 7.15. The second-order valence-corrected chi connectivity index (χ2v) is 14.1. The third-order valence-electron chi connectivity index (χ3n) is 10.2. The molecule has 2 aromatic carbocycles. The topological polar surface area (TPSA) is 162 Å². The number of anilines is 1. The zero-order valence-electron chi connectivity index (χ0n) is 29.9. The van der Waals surface area contributed by atoms with Gasteiger partial charge in [-0.1, -0.05) is 31.4 Å². The van der Waals surface area contributed by atoms with E-state index in [0.29, 0.717) is 47.4 Å². The molecule has 3 aliphatic rings. The van der Waals surface area contributed by atoms with Gasteiger partial charge in [0.15, 0.2) is 0 Å². The Kier molecular flexibility index (Phi) is 10.6. The number of hydrogen-bond acceptors (Lipinski definition) is 8. The predicted octanol–water partition coefficient (Wildman–Crippen LogP) is 5.19. The molecule has 0 spiro atoms.